The summed E-state index contributed by atoms with van der Waals surface area (Å²) in [5.41, 5.74) is 12.0. The monoisotopic (exact) mass is 431 g/mol. The van der Waals surface area contributed by atoms with Crippen molar-refractivity contribution >= 4 is 11.9 Å². The molecule has 2 heterocycles. The number of nitrogens with zero attached hydrogens (tertiary/aromatic N) is 2. The second-order valence-corrected chi connectivity index (χ2v) is 8.37. The van der Waals surface area contributed by atoms with Crippen LogP contribution < -0.4 is 5.73 Å². The van der Waals surface area contributed by atoms with E-state index in [2.05, 4.69) is 4.98 Å². The van der Waals surface area contributed by atoms with E-state index in [1.807, 2.05) is 34.9 Å². The first-order valence-electron chi connectivity index (χ1n) is 11.0. The summed E-state index contributed by atoms with van der Waals surface area (Å²) in [6.07, 6.45) is 4.93. The Hall–Kier alpha value is -3.45. The van der Waals surface area contributed by atoms with Crippen LogP contribution in [0.5, 0.6) is 0 Å². The number of pyridine rings is 1. The third-order valence-corrected chi connectivity index (χ3v) is 6.35. The van der Waals surface area contributed by atoms with Crippen molar-refractivity contribution in [1.82, 2.24) is 9.55 Å². The highest BCUT2D eigenvalue weighted by Crippen LogP contribution is 2.47. The van der Waals surface area contributed by atoms with Gasteiger partial charge in [-0.3, -0.25) is 0 Å². The number of carboxylic acids is 1. The maximum atomic E-state index is 12.5. The van der Waals surface area contributed by atoms with Crippen molar-refractivity contribution in [2.75, 3.05) is 6.61 Å². The molecule has 32 heavy (non-hydrogen) atoms. The van der Waals surface area contributed by atoms with E-state index in [0.29, 0.717) is 24.1 Å². The Morgan fingerprint density at radius 2 is 2.00 bits per heavy atom. The summed E-state index contributed by atoms with van der Waals surface area (Å²) < 4.78 is 7.14. The van der Waals surface area contributed by atoms with Crippen LogP contribution in [0, 0.1) is 5.92 Å². The average molecular weight is 431 g/mol. The van der Waals surface area contributed by atoms with Crippen LogP contribution in [0.3, 0.4) is 0 Å². The van der Waals surface area contributed by atoms with E-state index in [1.165, 1.54) is 0 Å². The lowest BCUT2D eigenvalue weighted by Gasteiger charge is -2.22. The second-order valence-electron chi connectivity index (χ2n) is 8.37. The Morgan fingerprint density at radius 3 is 2.66 bits per heavy atom. The highest BCUT2D eigenvalue weighted by Gasteiger charge is 2.39. The fourth-order valence-corrected chi connectivity index (χ4v) is 4.72. The predicted octanol–water partition coefficient (Wildman–Crippen LogP) is 3.92. The summed E-state index contributed by atoms with van der Waals surface area (Å²) in [4.78, 5) is 29.2. The van der Waals surface area contributed by atoms with Crippen molar-refractivity contribution in [3.63, 3.8) is 0 Å². The summed E-state index contributed by atoms with van der Waals surface area (Å²) in [6.45, 7) is 2.01. The minimum absolute atomic E-state index is 0.212. The van der Waals surface area contributed by atoms with Crippen molar-refractivity contribution in [3.8, 4) is 16.9 Å². The molecular formula is C25H25N3O4. The molecular weight excluding hydrogens is 406 g/mol. The highest BCUT2D eigenvalue weighted by atomic mass is 16.5. The Labute approximate surface area is 185 Å². The van der Waals surface area contributed by atoms with Gasteiger partial charge in [0.1, 0.15) is 5.69 Å². The number of fused-ring (bicyclic) bond motifs is 3. The molecule has 0 saturated heterocycles. The minimum atomic E-state index is -0.967. The standard InChI is InChI=1S/C25H25N3O4/c1-2-32-25(31)19-12-18-15(13-27-19)10-11-17-20(24(29)30)23(21(26)14-8-9-14)28(22(17)18)16-6-4-3-5-7-16/h3-7,12-14,21H,2,8-11,26H2,1H3,(H,29,30). The molecule has 0 radical (unpaired) electrons. The van der Waals surface area contributed by atoms with Crippen LogP contribution in [0.1, 0.15) is 63.5 Å². The van der Waals surface area contributed by atoms with Gasteiger partial charge in [0, 0.05) is 23.5 Å². The van der Waals surface area contributed by atoms with Crippen LogP contribution >= 0.6 is 0 Å². The maximum absolute atomic E-state index is 12.5. The largest absolute Gasteiger partial charge is 0.478 e. The third-order valence-electron chi connectivity index (χ3n) is 6.35. The first-order chi connectivity index (χ1) is 15.5. The van der Waals surface area contributed by atoms with E-state index in [4.69, 9.17) is 10.5 Å². The van der Waals surface area contributed by atoms with Gasteiger partial charge < -0.3 is 20.1 Å². The minimum Gasteiger partial charge on any atom is -0.478 e. The highest BCUT2D eigenvalue weighted by molar-refractivity contribution is 5.96. The topological polar surface area (TPSA) is 107 Å². The van der Waals surface area contributed by atoms with Crippen LogP contribution in [0.15, 0.2) is 42.6 Å². The van der Waals surface area contributed by atoms with E-state index < -0.39 is 11.9 Å². The lowest BCUT2D eigenvalue weighted by molar-refractivity contribution is 0.0519. The van der Waals surface area contributed by atoms with Gasteiger partial charge in [-0.25, -0.2) is 14.6 Å². The Balaban J connectivity index is 1.82. The van der Waals surface area contributed by atoms with Crippen LogP contribution in [0.4, 0.5) is 0 Å². The van der Waals surface area contributed by atoms with Gasteiger partial charge in [0.25, 0.3) is 0 Å². The van der Waals surface area contributed by atoms with Crippen molar-refractivity contribution in [2.45, 2.75) is 38.6 Å². The Morgan fingerprint density at radius 1 is 1.25 bits per heavy atom. The first kappa shape index (κ1) is 20.5. The molecule has 2 aliphatic carbocycles. The molecule has 1 saturated carbocycles. The number of hydrogen-bond acceptors (Lipinski definition) is 5. The average Bonchev–Trinajstić information content (AvgIpc) is 3.59. The first-order valence-corrected chi connectivity index (χ1v) is 11.0. The number of benzene rings is 1. The molecule has 7 nitrogen and oxygen atoms in total. The van der Waals surface area contributed by atoms with Gasteiger partial charge in [-0.1, -0.05) is 18.2 Å². The number of rotatable bonds is 6. The fourth-order valence-electron chi connectivity index (χ4n) is 4.72. The fraction of sp³-hybridized carbons (Fsp3) is 0.320. The lowest BCUT2D eigenvalue weighted by Crippen LogP contribution is -2.20. The summed E-state index contributed by atoms with van der Waals surface area (Å²) in [5, 5.41) is 10.2. The molecule has 2 aliphatic rings. The summed E-state index contributed by atoms with van der Waals surface area (Å²) in [6, 6.07) is 11.0. The van der Waals surface area contributed by atoms with Gasteiger partial charge in [0.15, 0.2) is 0 Å². The molecule has 2 aromatic heterocycles. The van der Waals surface area contributed by atoms with Crippen LogP contribution in [-0.4, -0.2) is 33.2 Å². The number of ether oxygens (including phenoxy) is 1. The van der Waals surface area contributed by atoms with Gasteiger partial charge >= 0.3 is 11.9 Å². The number of para-hydroxylation sites is 1. The number of hydrogen-bond donors (Lipinski definition) is 2. The van der Waals surface area contributed by atoms with Crippen LogP contribution in [0.2, 0.25) is 0 Å². The Bertz CT molecular complexity index is 1210. The van der Waals surface area contributed by atoms with E-state index in [0.717, 1.165) is 40.9 Å². The summed E-state index contributed by atoms with van der Waals surface area (Å²) in [5.74, 6) is -1.18. The molecule has 7 heteroatoms. The van der Waals surface area contributed by atoms with E-state index >= 15 is 0 Å². The Kier molecular flexibility index (Phi) is 5.06. The molecule has 1 aromatic carbocycles. The quantitative estimate of drug-likeness (QED) is 0.573. The number of nitrogens with two attached hydrogens (primary N) is 1. The van der Waals surface area contributed by atoms with Gasteiger partial charge in [0.05, 0.1) is 23.6 Å². The molecule has 164 valence electrons. The number of esters is 1. The smallest absolute Gasteiger partial charge is 0.356 e. The number of carbonyl (C=O) groups is 2. The molecule has 0 amide bonds. The van der Waals surface area contributed by atoms with Crippen LogP contribution in [0.25, 0.3) is 16.9 Å². The van der Waals surface area contributed by atoms with Gasteiger partial charge in [-0.05, 0) is 67.9 Å². The molecule has 3 N–H and O–H groups in total. The SMILES string of the molecule is CCOC(=O)c1cc2c(cn1)CCc1c(C(=O)O)c(C(N)C3CC3)n(-c3ccccc3)c1-2. The van der Waals surface area contributed by atoms with E-state index in [9.17, 15) is 14.7 Å². The number of aryl methyl sites for hydroxylation is 1. The lowest BCUT2D eigenvalue weighted by atomic mass is 9.88. The molecule has 1 unspecified atom stereocenters. The summed E-state index contributed by atoms with van der Waals surface area (Å²) in [7, 11) is 0. The molecule has 0 spiro atoms. The van der Waals surface area contributed by atoms with Gasteiger partial charge in [-0.15, -0.1) is 0 Å². The van der Waals surface area contributed by atoms with E-state index in [-0.39, 0.29) is 24.3 Å². The molecule has 3 aromatic rings. The maximum Gasteiger partial charge on any atom is 0.356 e. The normalized spacial score (nSPS) is 15.6. The van der Waals surface area contributed by atoms with Gasteiger partial charge in [0.2, 0.25) is 0 Å². The number of carbonyl (C=O) groups excluding carboxylic acids is 1. The van der Waals surface area contributed by atoms with Crippen molar-refractivity contribution in [1.29, 1.82) is 0 Å². The molecule has 1 atom stereocenters. The number of carboxylic acid groups (broad SMARTS) is 1. The van der Waals surface area contributed by atoms with Gasteiger partial charge in [-0.2, -0.15) is 0 Å². The summed E-state index contributed by atoms with van der Waals surface area (Å²) >= 11 is 0. The zero-order valence-electron chi connectivity index (χ0n) is 17.9. The van der Waals surface area contributed by atoms with Crippen molar-refractivity contribution in [3.05, 3.63) is 70.7 Å². The number of aromatic carboxylic acids is 1. The predicted molar refractivity (Wildman–Crippen MR) is 119 cm³/mol. The second kappa shape index (κ2) is 7.91. The molecule has 0 bridgehead atoms. The molecule has 1 fully saturated rings. The van der Waals surface area contributed by atoms with E-state index in [1.54, 1.807) is 19.2 Å². The zero-order valence-corrected chi connectivity index (χ0v) is 17.9. The number of aromatic nitrogens is 2. The zero-order chi connectivity index (χ0) is 22.4. The van der Waals surface area contributed by atoms with Crippen molar-refractivity contribution < 1.29 is 19.4 Å². The van der Waals surface area contributed by atoms with Crippen molar-refractivity contribution in [2.24, 2.45) is 11.7 Å². The third kappa shape index (κ3) is 3.29. The van der Waals surface area contributed by atoms with Crippen LogP contribution in [-0.2, 0) is 17.6 Å². The molecule has 0 aliphatic heterocycles. The molecule has 5 rings (SSSR count).